The Labute approximate surface area is 166 Å². The van der Waals surface area contributed by atoms with Crippen molar-refractivity contribution < 1.29 is 24.2 Å². The van der Waals surface area contributed by atoms with E-state index in [0.29, 0.717) is 19.4 Å². The molecule has 0 spiro atoms. The van der Waals surface area contributed by atoms with Gasteiger partial charge in [0.25, 0.3) is 5.78 Å². The third-order valence-electron chi connectivity index (χ3n) is 5.56. The molecule has 0 aromatic heterocycles. The molecule has 2 atom stereocenters. The second kappa shape index (κ2) is 10.2. The Balaban J connectivity index is 1.90. The van der Waals surface area contributed by atoms with Gasteiger partial charge in [0.15, 0.2) is 0 Å². The van der Waals surface area contributed by atoms with Crippen LogP contribution in [0.1, 0.15) is 51.5 Å². The van der Waals surface area contributed by atoms with Crippen molar-refractivity contribution in [2.75, 3.05) is 13.7 Å². The van der Waals surface area contributed by atoms with Crippen LogP contribution >= 0.6 is 0 Å². The Bertz CT molecular complexity index is 683. The summed E-state index contributed by atoms with van der Waals surface area (Å²) >= 11 is 0. The number of carboxylic acid groups (broad SMARTS) is 1. The number of likely N-dealkylation sites (tertiary alicyclic amines) is 1. The lowest BCUT2D eigenvalue weighted by Gasteiger charge is -2.29. The van der Waals surface area contributed by atoms with Crippen LogP contribution in [-0.2, 0) is 20.8 Å². The van der Waals surface area contributed by atoms with Crippen LogP contribution < -0.4 is 4.74 Å². The number of rotatable bonds is 10. The predicted octanol–water partition coefficient (Wildman–Crippen LogP) is 3.32. The van der Waals surface area contributed by atoms with Crippen molar-refractivity contribution in [3.8, 4) is 5.75 Å². The minimum Gasteiger partial charge on any atom is -0.497 e. The van der Waals surface area contributed by atoms with Crippen LogP contribution in [0.2, 0.25) is 0 Å². The molecule has 1 aliphatic rings. The predicted molar refractivity (Wildman–Crippen MR) is 106 cm³/mol. The summed E-state index contributed by atoms with van der Waals surface area (Å²) in [6, 6.07) is 7.20. The average Bonchev–Trinajstić information content (AvgIpc) is 3.16. The summed E-state index contributed by atoms with van der Waals surface area (Å²) in [4.78, 5) is 37.5. The van der Waals surface area contributed by atoms with Gasteiger partial charge < -0.3 is 14.7 Å². The molecule has 0 radical (unpaired) electrons. The van der Waals surface area contributed by atoms with Gasteiger partial charge in [0.05, 0.1) is 7.11 Å². The third-order valence-corrected chi connectivity index (χ3v) is 5.56. The van der Waals surface area contributed by atoms with Crippen LogP contribution in [0, 0.1) is 11.8 Å². The van der Waals surface area contributed by atoms with E-state index in [0.717, 1.165) is 31.4 Å². The lowest BCUT2D eigenvalue weighted by atomic mass is 9.88. The topological polar surface area (TPSA) is 83.9 Å². The first kappa shape index (κ1) is 21.9. The van der Waals surface area contributed by atoms with Crippen molar-refractivity contribution in [3.63, 3.8) is 0 Å². The second-order valence-corrected chi connectivity index (χ2v) is 7.80. The molecule has 0 bridgehead atoms. The summed E-state index contributed by atoms with van der Waals surface area (Å²) in [6.07, 6.45) is 4.69. The Hall–Kier alpha value is -2.37. The molecule has 1 N–H and O–H groups in total. The molecule has 28 heavy (non-hydrogen) atoms. The summed E-state index contributed by atoms with van der Waals surface area (Å²) < 4.78 is 5.17. The van der Waals surface area contributed by atoms with Crippen molar-refractivity contribution in [1.29, 1.82) is 0 Å². The molecule has 2 rings (SSSR count). The summed E-state index contributed by atoms with van der Waals surface area (Å²) in [7, 11) is 1.65. The number of ketones is 1. The number of unbranched alkanes of at least 4 members (excludes halogenated alkanes) is 1. The molecule has 1 aromatic rings. The van der Waals surface area contributed by atoms with E-state index < -0.39 is 17.8 Å². The van der Waals surface area contributed by atoms with E-state index in [4.69, 9.17) is 9.84 Å². The highest BCUT2D eigenvalue weighted by atomic mass is 16.5. The first-order valence-electron chi connectivity index (χ1n) is 10.1. The van der Waals surface area contributed by atoms with Gasteiger partial charge in [0, 0.05) is 12.5 Å². The van der Waals surface area contributed by atoms with Crippen LogP contribution in [0.3, 0.4) is 0 Å². The quantitative estimate of drug-likeness (QED) is 0.490. The Morgan fingerprint density at radius 2 is 1.86 bits per heavy atom. The Kier molecular flexibility index (Phi) is 8.03. The standard InChI is InChI=1S/C22H31NO5/c1-15(2)18(8-5-4-7-16-10-12-17(28-3)13-11-16)21(25)23-14-6-9-19(23)20(24)22(26)27/h10-13,15,18-19H,4-9,14H2,1-3H3,(H,26,27)/t18?,19-/m0/s1. The molecule has 1 unspecified atom stereocenters. The van der Waals surface area contributed by atoms with Crippen molar-refractivity contribution in [2.45, 2.75) is 58.4 Å². The van der Waals surface area contributed by atoms with Crippen molar-refractivity contribution >= 4 is 17.7 Å². The van der Waals surface area contributed by atoms with Gasteiger partial charge in [-0.2, -0.15) is 0 Å². The number of carbonyl (C=O) groups excluding carboxylic acids is 2. The third kappa shape index (κ3) is 5.57. The number of nitrogens with zero attached hydrogens (tertiary/aromatic N) is 1. The molecule has 1 heterocycles. The summed E-state index contributed by atoms with van der Waals surface area (Å²) in [5.74, 6) is -1.59. The van der Waals surface area contributed by atoms with Gasteiger partial charge >= 0.3 is 5.97 Å². The molecule has 6 heteroatoms. The number of methoxy groups -OCH3 is 1. The summed E-state index contributed by atoms with van der Waals surface area (Å²) in [5, 5.41) is 9.01. The monoisotopic (exact) mass is 389 g/mol. The van der Waals surface area contributed by atoms with Gasteiger partial charge in [-0.25, -0.2) is 4.79 Å². The number of hydrogen-bond acceptors (Lipinski definition) is 4. The zero-order valence-electron chi connectivity index (χ0n) is 17.0. The van der Waals surface area contributed by atoms with E-state index in [9.17, 15) is 14.4 Å². The number of aryl methyl sites for hydroxylation is 1. The van der Waals surface area contributed by atoms with E-state index in [1.54, 1.807) is 7.11 Å². The van der Waals surface area contributed by atoms with Gasteiger partial charge in [0.1, 0.15) is 11.8 Å². The maximum absolute atomic E-state index is 13.0. The number of aliphatic carboxylic acids is 1. The number of hydrogen-bond donors (Lipinski definition) is 1. The van der Waals surface area contributed by atoms with E-state index in [1.807, 2.05) is 26.0 Å². The molecule has 1 aliphatic heterocycles. The van der Waals surface area contributed by atoms with Crippen molar-refractivity contribution in [3.05, 3.63) is 29.8 Å². The first-order valence-corrected chi connectivity index (χ1v) is 10.1. The summed E-state index contributed by atoms with van der Waals surface area (Å²) in [6.45, 7) is 4.49. The largest absolute Gasteiger partial charge is 0.497 e. The van der Waals surface area contributed by atoms with Gasteiger partial charge in [-0.1, -0.05) is 32.4 Å². The number of benzene rings is 1. The minimum absolute atomic E-state index is 0.0726. The Morgan fingerprint density at radius 1 is 1.18 bits per heavy atom. The van der Waals surface area contributed by atoms with E-state index in [-0.39, 0.29) is 17.7 Å². The van der Waals surface area contributed by atoms with Crippen LogP contribution in [0.15, 0.2) is 24.3 Å². The van der Waals surface area contributed by atoms with Crippen LogP contribution in [-0.4, -0.2) is 47.4 Å². The fourth-order valence-corrected chi connectivity index (χ4v) is 3.89. The van der Waals surface area contributed by atoms with Crippen LogP contribution in [0.4, 0.5) is 0 Å². The van der Waals surface area contributed by atoms with Crippen molar-refractivity contribution in [2.24, 2.45) is 11.8 Å². The maximum atomic E-state index is 13.0. The number of Topliss-reactive ketones (excluding diaryl/α,β-unsaturated/α-hetero) is 1. The molecular weight excluding hydrogens is 358 g/mol. The SMILES string of the molecule is COc1ccc(CCCCC(C(=O)N2CCC[C@H]2C(=O)C(=O)O)C(C)C)cc1. The van der Waals surface area contributed by atoms with Gasteiger partial charge in [-0.15, -0.1) is 0 Å². The Morgan fingerprint density at radius 3 is 2.43 bits per heavy atom. The minimum atomic E-state index is -1.45. The molecule has 0 aliphatic carbocycles. The number of carboxylic acids is 1. The molecule has 1 fully saturated rings. The zero-order valence-corrected chi connectivity index (χ0v) is 17.0. The first-order chi connectivity index (χ1) is 13.3. The highest BCUT2D eigenvalue weighted by molar-refractivity contribution is 6.35. The zero-order chi connectivity index (χ0) is 20.7. The van der Waals surface area contributed by atoms with E-state index in [2.05, 4.69) is 12.1 Å². The second-order valence-electron chi connectivity index (χ2n) is 7.80. The van der Waals surface area contributed by atoms with Crippen LogP contribution in [0.25, 0.3) is 0 Å². The molecule has 1 amide bonds. The molecule has 6 nitrogen and oxygen atoms in total. The number of amides is 1. The lowest BCUT2D eigenvalue weighted by molar-refractivity contribution is -0.153. The maximum Gasteiger partial charge on any atom is 0.374 e. The van der Waals surface area contributed by atoms with Crippen molar-refractivity contribution in [1.82, 2.24) is 4.90 Å². The smallest absolute Gasteiger partial charge is 0.374 e. The lowest BCUT2D eigenvalue weighted by Crippen LogP contribution is -2.46. The molecule has 1 saturated heterocycles. The highest BCUT2D eigenvalue weighted by Crippen LogP contribution is 2.27. The van der Waals surface area contributed by atoms with Gasteiger partial charge in [-0.3, -0.25) is 9.59 Å². The normalized spacial score (nSPS) is 17.6. The molecule has 154 valence electrons. The van der Waals surface area contributed by atoms with E-state index >= 15 is 0 Å². The molecule has 1 aromatic carbocycles. The highest BCUT2D eigenvalue weighted by Gasteiger charge is 2.39. The van der Waals surface area contributed by atoms with E-state index in [1.165, 1.54) is 10.5 Å². The average molecular weight is 389 g/mol. The number of carbonyl (C=O) groups is 3. The number of ether oxygens (including phenoxy) is 1. The van der Waals surface area contributed by atoms with Crippen LogP contribution in [0.5, 0.6) is 5.75 Å². The van der Waals surface area contributed by atoms with Gasteiger partial charge in [-0.05, 0) is 55.7 Å². The molecular formula is C22H31NO5. The molecule has 0 saturated carbocycles. The summed E-state index contributed by atoms with van der Waals surface area (Å²) in [5.41, 5.74) is 1.24. The fraction of sp³-hybridized carbons (Fsp3) is 0.591. The van der Waals surface area contributed by atoms with Gasteiger partial charge in [0.2, 0.25) is 5.91 Å². The fourth-order valence-electron chi connectivity index (χ4n) is 3.89.